The van der Waals surface area contributed by atoms with Crippen LogP contribution in [0.15, 0.2) is 77.9 Å². The first-order valence-electron chi connectivity index (χ1n) is 9.34. The Hall–Kier alpha value is -3.68. The zero-order valence-electron chi connectivity index (χ0n) is 16.5. The Bertz CT molecular complexity index is 1160. The Labute approximate surface area is 194 Å². The molecule has 0 radical (unpaired) electrons. The van der Waals surface area contributed by atoms with Gasteiger partial charge in [-0.25, -0.2) is 10.2 Å². The van der Waals surface area contributed by atoms with Crippen LogP contribution in [0.2, 0.25) is 10.0 Å². The highest BCUT2D eigenvalue weighted by Crippen LogP contribution is 2.16. The fourth-order valence-corrected chi connectivity index (χ4v) is 2.84. The third-order valence-electron chi connectivity index (χ3n) is 4.05. The van der Waals surface area contributed by atoms with Crippen molar-refractivity contribution in [3.63, 3.8) is 0 Å². The largest absolute Gasteiger partial charge is 0.423 e. The van der Waals surface area contributed by atoms with Crippen molar-refractivity contribution in [1.82, 2.24) is 10.7 Å². The molecule has 0 fully saturated rings. The van der Waals surface area contributed by atoms with E-state index in [1.165, 1.54) is 12.3 Å². The highest BCUT2D eigenvalue weighted by Gasteiger charge is 2.09. The fourth-order valence-electron chi connectivity index (χ4n) is 2.52. The second-order valence-corrected chi connectivity index (χ2v) is 7.33. The van der Waals surface area contributed by atoms with Gasteiger partial charge in [-0.15, -0.1) is 0 Å². The van der Waals surface area contributed by atoms with E-state index in [4.69, 9.17) is 27.9 Å². The number of carbonyl (C=O) groups excluding carboxylic acids is 3. The minimum atomic E-state index is -0.528. The van der Waals surface area contributed by atoms with E-state index >= 15 is 0 Å². The Morgan fingerprint density at radius 3 is 2.38 bits per heavy atom. The van der Waals surface area contributed by atoms with E-state index in [0.717, 1.165) is 0 Å². The molecule has 9 heteroatoms. The van der Waals surface area contributed by atoms with E-state index in [2.05, 4.69) is 15.8 Å². The minimum Gasteiger partial charge on any atom is -0.423 e. The number of carbonyl (C=O) groups is 3. The van der Waals surface area contributed by atoms with Crippen molar-refractivity contribution in [3.05, 3.63) is 99.5 Å². The topological polar surface area (TPSA) is 96.9 Å². The van der Waals surface area contributed by atoms with Gasteiger partial charge in [-0.3, -0.25) is 9.59 Å². The number of nitrogens with one attached hydrogen (secondary N) is 2. The van der Waals surface area contributed by atoms with Crippen molar-refractivity contribution in [2.75, 3.05) is 6.54 Å². The van der Waals surface area contributed by atoms with E-state index in [9.17, 15) is 14.4 Å². The van der Waals surface area contributed by atoms with Crippen molar-refractivity contribution in [1.29, 1.82) is 0 Å². The number of esters is 1. The van der Waals surface area contributed by atoms with Gasteiger partial charge in [0, 0.05) is 15.6 Å². The highest BCUT2D eigenvalue weighted by molar-refractivity contribution is 6.31. The lowest BCUT2D eigenvalue weighted by molar-refractivity contribution is -0.120. The summed E-state index contributed by atoms with van der Waals surface area (Å²) in [6.07, 6.45) is 1.39. The number of ether oxygens (including phenoxy) is 1. The molecule has 3 rings (SSSR count). The van der Waals surface area contributed by atoms with Gasteiger partial charge >= 0.3 is 5.97 Å². The maximum absolute atomic E-state index is 12.2. The lowest BCUT2D eigenvalue weighted by atomic mass is 10.2. The molecule has 32 heavy (non-hydrogen) atoms. The number of rotatable bonds is 7. The zero-order valence-corrected chi connectivity index (χ0v) is 18.1. The van der Waals surface area contributed by atoms with Gasteiger partial charge in [0.2, 0.25) is 0 Å². The van der Waals surface area contributed by atoms with Crippen LogP contribution in [0.3, 0.4) is 0 Å². The normalized spacial score (nSPS) is 10.6. The summed E-state index contributed by atoms with van der Waals surface area (Å²) >= 11 is 11.7. The molecule has 2 amide bonds. The molecular formula is C23H17Cl2N3O4. The van der Waals surface area contributed by atoms with Crippen LogP contribution in [0.4, 0.5) is 0 Å². The summed E-state index contributed by atoms with van der Waals surface area (Å²) < 4.78 is 5.34. The molecule has 3 aromatic rings. The first-order chi connectivity index (χ1) is 15.4. The van der Waals surface area contributed by atoms with Gasteiger partial charge in [-0.2, -0.15) is 5.10 Å². The van der Waals surface area contributed by atoms with Crippen molar-refractivity contribution < 1.29 is 19.1 Å². The maximum atomic E-state index is 12.2. The minimum absolute atomic E-state index is 0.262. The molecule has 2 N–H and O–H groups in total. The van der Waals surface area contributed by atoms with E-state index in [1.807, 2.05) is 0 Å². The molecule has 162 valence electrons. The number of hydrogen-bond donors (Lipinski definition) is 2. The third-order valence-corrected chi connectivity index (χ3v) is 4.53. The first kappa shape index (κ1) is 23.0. The lowest BCUT2D eigenvalue weighted by Crippen LogP contribution is -2.34. The van der Waals surface area contributed by atoms with E-state index in [0.29, 0.717) is 32.5 Å². The highest BCUT2D eigenvalue weighted by atomic mass is 35.5. The van der Waals surface area contributed by atoms with Crippen LogP contribution in [0.5, 0.6) is 5.75 Å². The van der Waals surface area contributed by atoms with Gasteiger partial charge in [0.05, 0.1) is 18.3 Å². The van der Waals surface area contributed by atoms with Gasteiger partial charge in [-0.05, 0) is 60.2 Å². The summed E-state index contributed by atoms with van der Waals surface area (Å²) in [7, 11) is 0. The van der Waals surface area contributed by atoms with E-state index in [1.54, 1.807) is 66.7 Å². The Morgan fingerprint density at radius 2 is 1.62 bits per heavy atom. The van der Waals surface area contributed by atoms with Crippen molar-refractivity contribution in [2.45, 2.75) is 0 Å². The van der Waals surface area contributed by atoms with Gasteiger partial charge in [0.1, 0.15) is 5.75 Å². The summed E-state index contributed by atoms with van der Waals surface area (Å²) in [6, 6.07) is 19.3. The lowest BCUT2D eigenvalue weighted by Gasteiger charge is -2.06. The van der Waals surface area contributed by atoms with Crippen LogP contribution >= 0.6 is 23.2 Å². The van der Waals surface area contributed by atoms with Crippen molar-refractivity contribution >= 4 is 47.2 Å². The SMILES string of the molecule is O=C(CNC(=O)c1cccc(Cl)c1)NN=Cc1cccc(OC(=O)c2ccc(Cl)cc2)c1. The van der Waals surface area contributed by atoms with E-state index < -0.39 is 17.8 Å². The predicted molar refractivity (Wildman–Crippen MR) is 122 cm³/mol. The van der Waals surface area contributed by atoms with Gasteiger partial charge in [0.25, 0.3) is 11.8 Å². The molecule has 7 nitrogen and oxygen atoms in total. The maximum Gasteiger partial charge on any atom is 0.343 e. The molecule has 0 aromatic heterocycles. The smallest absolute Gasteiger partial charge is 0.343 e. The molecule has 3 aromatic carbocycles. The van der Waals surface area contributed by atoms with E-state index in [-0.39, 0.29) is 6.54 Å². The molecule has 0 spiro atoms. The van der Waals surface area contributed by atoms with Crippen molar-refractivity contribution in [3.8, 4) is 5.75 Å². The average Bonchev–Trinajstić information content (AvgIpc) is 2.78. The molecule has 0 unspecified atom stereocenters. The first-order valence-corrected chi connectivity index (χ1v) is 10.1. The quantitative estimate of drug-likeness (QED) is 0.235. The van der Waals surface area contributed by atoms with Crippen LogP contribution in [0.1, 0.15) is 26.3 Å². The second kappa shape index (κ2) is 11.1. The average molecular weight is 470 g/mol. The second-order valence-electron chi connectivity index (χ2n) is 6.46. The van der Waals surface area contributed by atoms with Crippen molar-refractivity contribution in [2.24, 2.45) is 5.10 Å². The van der Waals surface area contributed by atoms with Gasteiger partial charge in [-0.1, -0.05) is 41.4 Å². The summed E-state index contributed by atoms with van der Waals surface area (Å²) in [5.74, 6) is -1.16. The molecular weight excluding hydrogens is 453 g/mol. The summed E-state index contributed by atoms with van der Waals surface area (Å²) in [4.78, 5) is 36.1. The molecule has 0 saturated heterocycles. The van der Waals surface area contributed by atoms with Crippen LogP contribution in [0.25, 0.3) is 0 Å². The Balaban J connectivity index is 1.49. The fraction of sp³-hybridized carbons (Fsp3) is 0.0435. The molecule has 0 heterocycles. The number of halogens is 2. The number of hydrazone groups is 1. The number of benzene rings is 3. The predicted octanol–water partition coefficient (Wildman–Crippen LogP) is 4.09. The molecule has 0 aliphatic heterocycles. The standard InChI is InChI=1S/C23H17Cl2N3O4/c24-18-9-7-16(8-10-18)23(31)32-20-6-1-3-15(11-20)13-27-28-21(29)14-26-22(30)17-4-2-5-19(25)12-17/h1-13H,14H2,(H,26,30)(H,28,29). The van der Waals surface area contributed by atoms with Crippen LogP contribution in [0, 0.1) is 0 Å². The zero-order chi connectivity index (χ0) is 22.9. The summed E-state index contributed by atoms with van der Waals surface area (Å²) in [5, 5.41) is 7.26. The molecule has 0 atom stereocenters. The molecule has 0 aliphatic carbocycles. The number of nitrogens with zero attached hydrogens (tertiary/aromatic N) is 1. The molecule has 0 saturated carbocycles. The summed E-state index contributed by atoms with van der Waals surface area (Å²) in [5.41, 5.74) is 3.61. The number of amides is 2. The number of hydrogen-bond acceptors (Lipinski definition) is 5. The Morgan fingerprint density at radius 1 is 0.875 bits per heavy atom. The summed E-state index contributed by atoms with van der Waals surface area (Å²) in [6.45, 7) is -0.262. The van der Waals surface area contributed by atoms with Crippen LogP contribution < -0.4 is 15.5 Å². The van der Waals surface area contributed by atoms with Gasteiger partial charge < -0.3 is 10.1 Å². The monoisotopic (exact) mass is 469 g/mol. The Kier molecular flexibility index (Phi) is 7.96. The van der Waals surface area contributed by atoms with Gasteiger partial charge in [0.15, 0.2) is 0 Å². The molecule has 0 aliphatic rings. The third kappa shape index (κ3) is 6.94. The molecule has 0 bridgehead atoms. The van der Waals surface area contributed by atoms with Crippen LogP contribution in [-0.2, 0) is 4.79 Å². The van der Waals surface area contributed by atoms with Crippen LogP contribution in [-0.4, -0.2) is 30.5 Å².